The van der Waals surface area contributed by atoms with Crippen LogP contribution < -0.4 is 0 Å². The molecule has 0 aromatic rings. The first-order chi connectivity index (χ1) is 9.45. The molecule has 0 aromatic heterocycles. The summed E-state index contributed by atoms with van der Waals surface area (Å²) in [6.45, 7) is 2.04. The number of carbonyl (C=O) groups is 4. The zero-order valence-electron chi connectivity index (χ0n) is 11.8. The van der Waals surface area contributed by atoms with Crippen molar-refractivity contribution in [2.45, 2.75) is 45.4 Å². The van der Waals surface area contributed by atoms with Gasteiger partial charge in [0, 0.05) is 38.9 Å². The first-order valence-electron chi connectivity index (χ1n) is 6.62. The van der Waals surface area contributed by atoms with Gasteiger partial charge in [-0.2, -0.15) is 0 Å². The minimum atomic E-state index is -0.874. The van der Waals surface area contributed by atoms with E-state index in [4.69, 9.17) is 9.84 Å². The lowest BCUT2D eigenvalue weighted by Crippen LogP contribution is -2.27. The number of Topliss-reactive ketones (excluding diaryl/α,β-unsaturated/α-hetero) is 1. The third kappa shape index (κ3) is 8.53. The SMILES string of the molecule is CC(=O)CC(CC=O)(CC=O)CCOCCCC(=O)O. The Hall–Kier alpha value is -1.56. The van der Waals surface area contributed by atoms with Gasteiger partial charge in [0.15, 0.2) is 0 Å². The molecular formula is C14H22O6. The predicted molar refractivity (Wildman–Crippen MR) is 71.4 cm³/mol. The first-order valence-corrected chi connectivity index (χ1v) is 6.62. The van der Waals surface area contributed by atoms with Crippen molar-refractivity contribution in [3.8, 4) is 0 Å². The number of ketones is 1. The maximum Gasteiger partial charge on any atom is 0.303 e. The molecule has 0 atom stereocenters. The lowest BCUT2D eigenvalue weighted by Gasteiger charge is -2.29. The highest BCUT2D eigenvalue weighted by molar-refractivity contribution is 5.77. The monoisotopic (exact) mass is 286 g/mol. The van der Waals surface area contributed by atoms with Crippen LogP contribution in [-0.2, 0) is 23.9 Å². The molecule has 0 unspecified atom stereocenters. The number of carboxylic acid groups (broad SMARTS) is 1. The van der Waals surface area contributed by atoms with E-state index in [-0.39, 0.29) is 31.5 Å². The summed E-state index contributed by atoms with van der Waals surface area (Å²) >= 11 is 0. The number of hydrogen-bond acceptors (Lipinski definition) is 5. The van der Waals surface area contributed by atoms with Crippen molar-refractivity contribution in [1.29, 1.82) is 0 Å². The van der Waals surface area contributed by atoms with Crippen LogP contribution in [-0.4, -0.2) is 42.6 Å². The molecule has 0 saturated carbocycles. The molecule has 0 saturated heterocycles. The maximum atomic E-state index is 11.3. The summed E-state index contributed by atoms with van der Waals surface area (Å²) in [6, 6.07) is 0. The van der Waals surface area contributed by atoms with Gasteiger partial charge < -0.3 is 24.2 Å². The van der Waals surface area contributed by atoms with E-state index in [9.17, 15) is 19.2 Å². The van der Waals surface area contributed by atoms with Crippen LogP contribution in [0, 0.1) is 5.41 Å². The van der Waals surface area contributed by atoms with Crippen LogP contribution >= 0.6 is 0 Å². The number of carbonyl (C=O) groups excluding carboxylic acids is 3. The quantitative estimate of drug-likeness (QED) is 0.406. The minimum absolute atomic E-state index is 0.0429. The van der Waals surface area contributed by atoms with E-state index in [1.54, 1.807) is 0 Å². The lowest BCUT2D eigenvalue weighted by molar-refractivity contribution is -0.137. The first kappa shape index (κ1) is 18.4. The second-order valence-corrected chi connectivity index (χ2v) is 4.98. The Morgan fingerprint density at radius 1 is 1.15 bits per heavy atom. The molecule has 0 radical (unpaired) electrons. The molecule has 0 aliphatic heterocycles. The molecule has 0 amide bonds. The van der Waals surface area contributed by atoms with E-state index in [1.165, 1.54) is 6.92 Å². The molecule has 20 heavy (non-hydrogen) atoms. The summed E-state index contributed by atoms with van der Waals surface area (Å²) < 4.78 is 5.31. The van der Waals surface area contributed by atoms with Gasteiger partial charge in [-0.1, -0.05) is 0 Å². The number of aldehydes is 2. The van der Waals surface area contributed by atoms with Gasteiger partial charge in [0.25, 0.3) is 0 Å². The van der Waals surface area contributed by atoms with Crippen LogP contribution in [0.15, 0.2) is 0 Å². The molecule has 0 rings (SSSR count). The Bertz CT molecular complexity index is 327. The van der Waals surface area contributed by atoms with Gasteiger partial charge in [0.1, 0.15) is 18.4 Å². The molecule has 6 heteroatoms. The highest BCUT2D eigenvalue weighted by atomic mass is 16.5. The molecule has 0 heterocycles. The van der Waals surface area contributed by atoms with E-state index in [0.717, 1.165) is 12.6 Å². The summed E-state index contributed by atoms with van der Waals surface area (Å²) in [5, 5.41) is 8.47. The third-order valence-electron chi connectivity index (χ3n) is 3.11. The molecule has 6 nitrogen and oxygen atoms in total. The number of aliphatic carboxylic acids is 1. The van der Waals surface area contributed by atoms with Crippen molar-refractivity contribution in [2.75, 3.05) is 13.2 Å². The molecular weight excluding hydrogens is 264 g/mol. The van der Waals surface area contributed by atoms with Gasteiger partial charge in [0.05, 0.1) is 0 Å². The minimum Gasteiger partial charge on any atom is -0.481 e. The van der Waals surface area contributed by atoms with Crippen LogP contribution in [0.5, 0.6) is 0 Å². The van der Waals surface area contributed by atoms with E-state index < -0.39 is 11.4 Å². The Morgan fingerprint density at radius 3 is 2.20 bits per heavy atom. The molecule has 0 aliphatic rings. The largest absolute Gasteiger partial charge is 0.481 e. The summed E-state index contributed by atoms with van der Waals surface area (Å²) in [4.78, 5) is 43.1. The summed E-state index contributed by atoms with van der Waals surface area (Å²) in [5.74, 6) is -0.944. The van der Waals surface area contributed by atoms with Crippen LogP contribution in [0.4, 0.5) is 0 Å². The maximum absolute atomic E-state index is 11.3. The number of hydrogen-bond donors (Lipinski definition) is 1. The molecule has 0 spiro atoms. The van der Waals surface area contributed by atoms with Crippen molar-refractivity contribution in [2.24, 2.45) is 5.41 Å². The summed E-state index contributed by atoms with van der Waals surface area (Å²) in [6.07, 6.45) is 2.78. The van der Waals surface area contributed by atoms with Gasteiger partial charge in [-0.15, -0.1) is 0 Å². The highest BCUT2D eigenvalue weighted by Gasteiger charge is 2.30. The van der Waals surface area contributed by atoms with Gasteiger partial charge in [0.2, 0.25) is 0 Å². The van der Waals surface area contributed by atoms with Crippen molar-refractivity contribution in [1.82, 2.24) is 0 Å². The van der Waals surface area contributed by atoms with Crippen molar-refractivity contribution >= 4 is 24.3 Å². The molecule has 1 N–H and O–H groups in total. The van der Waals surface area contributed by atoms with Crippen molar-refractivity contribution in [3.05, 3.63) is 0 Å². The Kier molecular flexibility index (Phi) is 9.45. The molecule has 0 aliphatic carbocycles. The van der Waals surface area contributed by atoms with Crippen LogP contribution in [0.2, 0.25) is 0 Å². The molecule has 0 fully saturated rings. The standard InChI is InChI=1S/C14H22O6/c1-12(17)11-14(4-7-15,5-8-16)6-10-20-9-2-3-13(18)19/h7-8H,2-6,9-11H2,1H3,(H,18,19). The van der Waals surface area contributed by atoms with Gasteiger partial charge in [-0.3, -0.25) is 4.79 Å². The van der Waals surface area contributed by atoms with E-state index in [2.05, 4.69) is 0 Å². The van der Waals surface area contributed by atoms with E-state index in [0.29, 0.717) is 26.1 Å². The highest BCUT2D eigenvalue weighted by Crippen LogP contribution is 2.33. The fourth-order valence-electron chi connectivity index (χ4n) is 2.12. The number of ether oxygens (including phenoxy) is 1. The predicted octanol–water partition coefficient (Wildman–Crippen LogP) is 1.40. The van der Waals surface area contributed by atoms with Crippen LogP contribution in [0.25, 0.3) is 0 Å². The summed E-state index contributed by atoms with van der Waals surface area (Å²) in [7, 11) is 0. The van der Waals surface area contributed by atoms with Crippen molar-refractivity contribution in [3.63, 3.8) is 0 Å². The van der Waals surface area contributed by atoms with Gasteiger partial charge in [-0.25, -0.2) is 0 Å². The lowest BCUT2D eigenvalue weighted by atomic mass is 9.75. The van der Waals surface area contributed by atoms with E-state index >= 15 is 0 Å². The molecule has 0 bridgehead atoms. The van der Waals surface area contributed by atoms with E-state index in [1.807, 2.05) is 0 Å². The smallest absolute Gasteiger partial charge is 0.303 e. The summed E-state index contributed by atoms with van der Waals surface area (Å²) in [5.41, 5.74) is -0.665. The second kappa shape index (κ2) is 10.3. The third-order valence-corrected chi connectivity index (χ3v) is 3.11. The topological polar surface area (TPSA) is 97.7 Å². The fraction of sp³-hybridized carbons (Fsp3) is 0.714. The fourth-order valence-corrected chi connectivity index (χ4v) is 2.12. The zero-order valence-corrected chi connectivity index (χ0v) is 11.8. The van der Waals surface area contributed by atoms with Crippen molar-refractivity contribution < 1.29 is 29.0 Å². The second-order valence-electron chi connectivity index (χ2n) is 4.98. The van der Waals surface area contributed by atoms with Gasteiger partial charge in [-0.05, 0) is 25.2 Å². The Labute approximate surface area is 118 Å². The molecule has 114 valence electrons. The normalized spacial score (nSPS) is 11.1. The Morgan fingerprint density at radius 2 is 1.75 bits per heavy atom. The zero-order chi connectivity index (χ0) is 15.4. The average Bonchev–Trinajstić information content (AvgIpc) is 2.33. The van der Waals surface area contributed by atoms with Crippen LogP contribution in [0.3, 0.4) is 0 Å². The van der Waals surface area contributed by atoms with Gasteiger partial charge >= 0.3 is 5.97 Å². The molecule has 0 aromatic carbocycles. The Balaban J connectivity index is 4.26. The number of rotatable bonds is 13. The average molecular weight is 286 g/mol. The number of carboxylic acids is 1. The van der Waals surface area contributed by atoms with Crippen LogP contribution in [0.1, 0.15) is 45.4 Å².